The van der Waals surface area contributed by atoms with Crippen molar-refractivity contribution in [3.05, 3.63) is 30.1 Å². The van der Waals surface area contributed by atoms with Crippen LogP contribution < -0.4 is 10.5 Å². The van der Waals surface area contributed by atoms with Crippen LogP contribution in [-0.2, 0) is 10.0 Å². The molecule has 3 N–H and O–H groups in total. The third-order valence-electron chi connectivity index (χ3n) is 2.18. The lowest BCUT2D eigenvalue weighted by atomic mass is 10.1. The second-order valence-corrected chi connectivity index (χ2v) is 5.40. The Morgan fingerprint density at radius 3 is 2.56 bits per heavy atom. The predicted molar refractivity (Wildman–Crippen MR) is 66.5 cm³/mol. The van der Waals surface area contributed by atoms with Crippen LogP contribution in [0.2, 0.25) is 0 Å². The molecule has 0 saturated carbocycles. The Labute approximate surface area is 103 Å². The molecular formula is C10H10N4O3S. The van der Waals surface area contributed by atoms with Gasteiger partial charge in [0.1, 0.15) is 5.52 Å². The van der Waals surface area contributed by atoms with Gasteiger partial charge in [0, 0.05) is 12.4 Å². The molecule has 2 rings (SSSR count). The molecule has 0 spiro atoms. The van der Waals surface area contributed by atoms with Crippen molar-refractivity contribution in [2.24, 2.45) is 5.73 Å². The first-order valence-electron chi connectivity index (χ1n) is 4.90. The molecule has 7 nitrogen and oxygen atoms in total. The van der Waals surface area contributed by atoms with Crippen molar-refractivity contribution in [2.45, 2.75) is 0 Å². The van der Waals surface area contributed by atoms with Crippen molar-refractivity contribution in [3.8, 4) is 0 Å². The summed E-state index contributed by atoms with van der Waals surface area (Å²) in [5, 5.41) is 0. The van der Waals surface area contributed by atoms with E-state index in [9.17, 15) is 13.2 Å². The summed E-state index contributed by atoms with van der Waals surface area (Å²) >= 11 is 0. The van der Waals surface area contributed by atoms with Crippen LogP contribution in [0.5, 0.6) is 0 Å². The zero-order chi connectivity index (χ0) is 13.3. The van der Waals surface area contributed by atoms with E-state index in [-0.39, 0.29) is 16.8 Å². The van der Waals surface area contributed by atoms with Gasteiger partial charge in [0.15, 0.2) is 0 Å². The van der Waals surface area contributed by atoms with Gasteiger partial charge < -0.3 is 5.73 Å². The van der Waals surface area contributed by atoms with Crippen LogP contribution in [-0.4, -0.2) is 30.5 Å². The first-order chi connectivity index (χ1) is 8.38. The number of nitrogens with two attached hydrogens (primary N) is 1. The van der Waals surface area contributed by atoms with Crippen molar-refractivity contribution in [2.75, 3.05) is 11.0 Å². The average molecular weight is 266 g/mol. The topological polar surface area (TPSA) is 115 Å². The normalized spacial score (nSPS) is 11.4. The second kappa shape index (κ2) is 4.22. The van der Waals surface area contributed by atoms with Gasteiger partial charge in [-0.15, -0.1) is 0 Å². The molecule has 0 radical (unpaired) electrons. The van der Waals surface area contributed by atoms with E-state index in [1.807, 2.05) is 0 Å². The van der Waals surface area contributed by atoms with E-state index in [0.717, 1.165) is 6.26 Å². The standard InChI is InChI=1S/C10H10N4O3S/c1-18(16,17)14-6-2-3-7-9(8(6)10(11)15)13-5-4-12-7/h2-5,14H,1H3,(H2,11,15). The average Bonchev–Trinajstić information content (AvgIpc) is 2.26. The second-order valence-electron chi connectivity index (χ2n) is 3.65. The minimum atomic E-state index is -3.51. The number of sulfonamides is 1. The fraction of sp³-hybridized carbons (Fsp3) is 0.100. The molecule has 0 saturated heterocycles. The van der Waals surface area contributed by atoms with E-state index in [2.05, 4.69) is 14.7 Å². The Balaban J connectivity index is 2.75. The molecule has 1 aromatic carbocycles. The Kier molecular flexibility index (Phi) is 2.87. The van der Waals surface area contributed by atoms with Crippen LogP contribution >= 0.6 is 0 Å². The molecule has 18 heavy (non-hydrogen) atoms. The zero-order valence-electron chi connectivity index (χ0n) is 9.41. The molecule has 2 aromatic rings. The van der Waals surface area contributed by atoms with Gasteiger partial charge in [-0.25, -0.2) is 8.42 Å². The zero-order valence-corrected chi connectivity index (χ0v) is 10.2. The van der Waals surface area contributed by atoms with Crippen LogP contribution in [0.3, 0.4) is 0 Å². The Hall–Kier alpha value is -2.22. The predicted octanol–water partition coefficient (Wildman–Crippen LogP) is 0.100. The summed E-state index contributed by atoms with van der Waals surface area (Å²) in [7, 11) is -3.51. The molecule has 0 aliphatic rings. The maximum atomic E-state index is 11.4. The monoisotopic (exact) mass is 266 g/mol. The van der Waals surface area contributed by atoms with E-state index in [4.69, 9.17) is 5.73 Å². The molecule has 94 valence electrons. The summed E-state index contributed by atoms with van der Waals surface area (Å²) in [4.78, 5) is 19.5. The summed E-state index contributed by atoms with van der Waals surface area (Å²) in [5.74, 6) is -0.771. The van der Waals surface area contributed by atoms with Gasteiger partial charge >= 0.3 is 0 Å². The number of nitrogens with one attached hydrogen (secondary N) is 1. The molecule has 0 unspecified atom stereocenters. The quantitative estimate of drug-likeness (QED) is 0.817. The van der Waals surface area contributed by atoms with E-state index >= 15 is 0 Å². The number of hydrogen-bond acceptors (Lipinski definition) is 5. The fourth-order valence-corrected chi connectivity index (χ4v) is 2.14. The van der Waals surface area contributed by atoms with Gasteiger partial charge in [-0.3, -0.25) is 19.5 Å². The van der Waals surface area contributed by atoms with Crippen LogP contribution in [0.15, 0.2) is 24.5 Å². The van der Waals surface area contributed by atoms with Gasteiger partial charge in [0.25, 0.3) is 5.91 Å². The molecule has 0 aliphatic carbocycles. The fourth-order valence-electron chi connectivity index (χ4n) is 1.57. The third-order valence-corrected chi connectivity index (χ3v) is 2.77. The third kappa shape index (κ3) is 2.38. The van der Waals surface area contributed by atoms with Crippen LogP contribution in [0.4, 0.5) is 5.69 Å². The number of amides is 1. The van der Waals surface area contributed by atoms with Gasteiger partial charge in [-0.2, -0.15) is 0 Å². The van der Waals surface area contributed by atoms with Crippen molar-refractivity contribution >= 4 is 32.7 Å². The van der Waals surface area contributed by atoms with Gasteiger partial charge in [-0.1, -0.05) is 0 Å². The lowest BCUT2D eigenvalue weighted by Gasteiger charge is -2.09. The number of primary amides is 1. The minimum Gasteiger partial charge on any atom is -0.365 e. The van der Waals surface area contributed by atoms with E-state index in [0.29, 0.717) is 5.52 Å². The molecule has 0 aliphatic heterocycles. The molecule has 0 bridgehead atoms. The first kappa shape index (κ1) is 12.2. The van der Waals surface area contributed by atoms with Gasteiger partial charge in [0.2, 0.25) is 10.0 Å². The smallest absolute Gasteiger partial charge is 0.253 e. The van der Waals surface area contributed by atoms with Crippen LogP contribution in [0.1, 0.15) is 10.4 Å². The highest BCUT2D eigenvalue weighted by Crippen LogP contribution is 2.23. The van der Waals surface area contributed by atoms with Crippen LogP contribution in [0, 0.1) is 0 Å². The van der Waals surface area contributed by atoms with Crippen molar-refractivity contribution in [1.29, 1.82) is 0 Å². The number of aromatic nitrogens is 2. The van der Waals surface area contributed by atoms with E-state index in [1.165, 1.54) is 18.5 Å². The van der Waals surface area contributed by atoms with Crippen LogP contribution in [0.25, 0.3) is 11.0 Å². The van der Waals surface area contributed by atoms with Crippen molar-refractivity contribution in [3.63, 3.8) is 0 Å². The lowest BCUT2D eigenvalue weighted by molar-refractivity contribution is 0.100. The summed E-state index contributed by atoms with van der Waals surface area (Å²) < 4.78 is 24.7. The molecule has 1 heterocycles. The Morgan fingerprint density at radius 2 is 1.94 bits per heavy atom. The maximum absolute atomic E-state index is 11.4. The number of anilines is 1. The lowest BCUT2D eigenvalue weighted by Crippen LogP contribution is -2.18. The van der Waals surface area contributed by atoms with Crippen molar-refractivity contribution in [1.82, 2.24) is 9.97 Å². The number of fused-ring (bicyclic) bond motifs is 1. The molecule has 1 aromatic heterocycles. The molecule has 8 heteroatoms. The van der Waals surface area contributed by atoms with E-state index < -0.39 is 15.9 Å². The number of hydrogen-bond donors (Lipinski definition) is 2. The highest BCUT2D eigenvalue weighted by molar-refractivity contribution is 7.92. The number of carbonyl (C=O) groups is 1. The maximum Gasteiger partial charge on any atom is 0.253 e. The van der Waals surface area contributed by atoms with E-state index in [1.54, 1.807) is 6.07 Å². The minimum absolute atomic E-state index is 0.00558. The summed E-state index contributed by atoms with van der Waals surface area (Å²) in [5.41, 5.74) is 6.08. The summed E-state index contributed by atoms with van der Waals surface area (Å²) in [6.45, 7) is 0. The number of nitrogens with zero attached hydrogens (tertiary/aromatic N) is 2. The number of rotatable bonds is 3. The largest absolute Gasteiger partial charge is 0.365 e. The first-order valence-corrected chi connectivity index (χ1v) is 6.79. The number of carbonyl (C=O) groups excluding carboxylic acids is 1. The SMILES string of the molecule is CS(=O)(=O)Nc1ccc2nccnc2c1C(N)=O. The molecule has 0 fully saturated rings. The Bertz CT molecular complexity index is 727. The summed E-state index contributed by atoms with van der Waals surface area (Å²) in [6, 6.07) is 2.99. The number of benzene rings is 1. The molecule has 0 atom stereocenters. The van der Waals surface area contributed by atoms with Gasteiger partial charge in [0.05, 0.1) is 23.0 Å². The highest BCUT2D eigenvalue weighted by atomic mass is 32.2. The summed E-state index contributed by atoms with van der Waals surface area (Å²) in [6.07, 6.45) is 3.86. The molecular weight excluding hydrogens is 256 g/mol. The highest BCUT2D eigenvalue weighted by Gasteiger charge is 2.16. The molecule has 1 amide bonds. The van der Waals surface area contributed by atoms with Crippen molar-refractivity contribution < 1.29 is 13.2 Å². The van der Waals surface area contributed by atoms with Gasteiger partial charge in [-0.05, 0) is 12.1 Å². The Morgan fingerprint density at radius 1 is 1.28 bits per heavy atom.